The maximum atomic E-state index is 13.4. The van der Waals surface area contributed by atoms with Crippen LogP contribution in [0.2, 0.25) is 5.02 Å². The molecule has 0 atom stereocenters. The highest BCUT2D eigenvalue weighted by Gasteiger charge is 2.24. The zero-order valence-electron chi connectivity index (χ0n) is 19.4. The first-order chi connectivity index (χ1) is 15.6. The first-order valence-electron chi connectivity index (χ1n) is 10.6. The van der Waals surface area contributed by atoms with E-state index in [9.17, 15) is 9.13 Å². The summed E-state index contributed by atoms with van der Waals surface area (Å²) in [7, 11) is -3.40. The summed E-state index contributed by atoms with van der Waals surface area (Å²) in [5.41, 5.74) is 1.34. The molecule has 3 rings (SSSR count). The van der Waals surface area contributed by atoms with Crippen LogP contribution >= 0.6 is 25.9 Å². The van der Waals surface area contributed by atoms with Crippen molar-refractivity contribution >= 4 is 59.6 Å². The van der Waals surface area contributed by atoms with Crippen molar-refractivity contribution in [2.45, 2.75) is 13.8 Å². The van der Waals surface area contributed by atoms with Gasteiger partial charge in [0.2, 0.25) is 5.95 Å². The SMILES string of the molecule is CCP(=O)(CC)c1ccccc1Nc1nc(Nc2ccc(P(C)(C)=O)cc2OC)ncc1Cl. The standard InChI is InChI=1S/C23H29ClN4O3P2/c1-6-33(30,7-2)21-11-9-8-10-19(21)26-22-17(24)15-25-23(28-22)27-18-13-12-16(32(4,5)29)14-20(18)31-3/h8-15H,6-7H2,1-5H3,(H2,25,26,27,28). The van der Waals surface area contributed by atoms with E-state index in [1.54, 1.807) is 38.6 Å². The van der Waals surface area contributed by atoms with Crippen LogP contribution < -0.4 is 26.0 Å². The number of rotatable bonds is 9. The van der Waals surface area contributed by atoms with E-state index >= 15 is 0 Å². The number of ether oxygens (including phenoxy) is 1. The third-order valence-electron chi connectivity index (χ3n) is 5.42. The monoisotopic (exact) mass is 506 g/mol. The minimum atomic E-state index is -2.52. The second kappa shape index (κ2) is 10.3. The number of halogens is 1. The van der Waals surface area contributed by atoms with Gasteiger partial charge in [-0.3, -0.25) is 0 Å². The van der Waals surface area contributed by atoms with Gasteiger partial charge in [-0.1, -0.05) is 37.6 Å². The fraction of sp³-hybridized carbons (Fsp3) is 0.304. The first kappa shape index (κ1) is 25.3. The summed E-state index contributed by atoms with van der Waals surface area (Å²) in [4.78, 5) is 8.79. The fourth-order valence-electron chi connectivity index (χ4n) is 3.38. The van der Waals surface area contributed by atoms with Crippen LogP contribution in [0.25, 0.3) is 0 Å². The first-order valence-corrected chi connectivity index (χ1v) is 15.6. The molecule has 0 fully saturated rings. The highest BCUT2D eigenvalue weighted by molar-refractivity contribution is 7.71. The van der Waals surface area contributed by atoms with Gasteiger partial charge in [0.25, 0.3) is 0 Å². The molecule has 2 aromatic carbocycles. The summed E-state index contributed by atoms with van der Waals surface area (Å²) in [6.45, 7) is 7.30. The third-order valence-corrected chi connectivity index (χ3v) is 10.5. The Morgan fingerprint density at radius 1 is 1.00 bits per heavy atom. The molecule has 3 aromatic rings. The molecule has 33 heavy (non-hydrogen) atoms. The number of hydrogen-bond acceptors (Lipinski definition) is 7. The van der Waals surface area contributed by atoms with Crippen molar-refractivity contribution in [2.75, 3.05) is 43.4 Å². The molecule has 1 aromatic heterocycles. The maximum absolute atomic E-state index is 13.4. The van der Waals surface area contributed by atoms with Gasteiger partial charge >= 0.3 is 0 Å². The number of anilines is 4. The number of nitrogens with zero attached hydrogens (tertiary/aromatic N) is 2. The Balaban J connectivity index is 1.94. The summed E-state index contributed by atoms with van der Waals surface area (Å²) in [6, 6.07) is 12.8. The highest BCUT2D eigenvalue weighted by Crippen LogP contribution is 2.46. The van der Waals surface area contributed by atoms with Gasteiger partial charge in [0.1, 0.15) is 25.1 Å². The number of methoxy groups -OCH3 is 1. The lowest BCUT2D eigenvalue weighted by molar-refractivity contribution is 0.417. The van der Waals surface area contributed by atoms with Crippen LogP contribution in [0.1, 0.15) is 13.8 Å². The smallest absolute Gasteiger partial charge is 0.229 e. The molecule has 0 bridgehead atoms. The fourth-order valence-corrected chi connectivity index (χ4v) is 6.44. The number of nitrogens with one attached hydrogen (secondary N) is 2. The van der Waals surface area contributed by atoms with E-state index in [0.29, 0.717) is 46.2 Å². The molecule has 0 aliphatic rings. The van der Waals surface area contributed by atoms with Gasteiger partial charge in [-0.15, -0.1) is 0 Å². The van der Waals surface area contributed by atoms with Crippen molar-refractivity contribution in [3.63, 3.8) is 0 Å². The molecule has 0 unspecified atom stereocenters. The minimum Gasteiger partial charge on any atom is -0.495 e. The number of aromatic nitrogens is 2. The molecule has 0 aliphatic carbocycles. The van der Waals surface area contributed by atoms with Crippen LogP contribution in [0.3, 0.4) is 0 Å². The molecule has 10 heteroatoms. The maximum Gasteiger partial charge on any atom is 0.229 e. The van der Waals surface area contributed by atoms with Crippen molar-refractivity contribution in [3.05, 3.63) is 53.7 Å². The van der Waals surface area contributed by atoms with Crippen LogP contribution in [0.4, 0.5) is 23.1 Å². The van der Waals surface area contributed by atoms with E-state index in [4.69, 9.17) is 16.3 Å². The van der Waals surface area contributed by atoms with Crippen molar-refractivity contribution in [1.29, 1.82) is 0 Å². The van der Waals surface area contributed by atoms with Crippen molar-refractivity contribution in [2.24, 2.45) is 0 Å². The molecule has 0 saturated heterocycles. The zero-order chi connectivity index (χ0) is 24.2. The Hall–Kier alpha value is -2.33. The Labute approximate surface area is 200 Å². The van der Waals surface area contributed by atoms with E-state index < -0.39 is 14.3 Å². The summed E-state index contributed by atoms with van der Waals surface area (Å²) in [5.74, 6) is 1.22. The van der Waals surface area contributed by atoms with E-state index in [2.05, 4.69) is 20.6 Å². The Morgan fingerprint density at radius 3 is 2.33 bits per heavy atom. The largest absolute Gasteiger partial charge is 0.495 e. The summed E-state index contributed by atoms with van der Waals surface area (Å²) < 4.78 is 31.2. The van der Waals surface area contributed by atoms with Gasteiger partial charge in [0.05, 0.1) is 24.7 Å². The van der Waals surface area contributed by atoms with Gasteiger partial charge in [-0.2, -0.15) is 4.98 Å². The Kier molecular flexibility index (Phi) is 7.89. The van der Waals surface area contributed by atoms with Crippen molar-refractivity contribution in [3.8, 4) is 5.75 Å². The quantitative estimate of drug-likeness (QED) is 0.349. The predicted octanol–water partition coefficient (Wildman–Crippen LogP) is 5.90. The van der Waals surface area contributed by atoms with Gasteiger partial charge in [0, 0.05) is 22.9 Å². The van der Waals surface area contributed by atoms with Gasteiger partial charge < -0.3 is 24.5 Å². The van der Waals surface area contributed by atoms with Gasteiger partial charge in [-0.25, -0.2) is 4.98 Å². The highest BCUT2D eigenvalue weighted by atomic mass is 35.5. The molecule has 0 radical (unpaired) electrons. The molecule has 0 aliphatic heterocycles. The van der Waals surface area contributed by atoms with Crippen molar-refractivity contribution in [1.82, 2.24) is 9.97 Å². The molecule has 2 N–H and O–H groups in total. The molecular formula is C23H29ClN4O3P2. The lowest BCUT2D eigenvalue weighted by Crippen LogP contribution is -2.14. The van der Waals surface area contributed by atoms with Crippen LogP contribution in [-0.2, 0) is 9.13 Å². The number of hydrogen-bond donors (Lipinski definition) is 2. The Morgan fingerprint density at radius 2 is 1.70 bits per heavy atom. The van der Waals surface area contributed by atoms with Crippen molar-refractivity contribution < 1.29 is 13.9 Å². The molecule has 0 amide bonds. The summed E-state index contributed by atoms with van der Waals surface area (Å²) >= 11 is 6.37. The van der Waals surface area contributed by atoms with Crippen LogP contribution in [0.15, 0.2) is 48.7 Å². The molecule has 7 nitrogen and oxygen atoms in total. The zero-order valence-corrected chi connectivity index (χ0v) is 22.0. The molecule has 0 saturated carbocycles. The van der Waals surface area contributed by atoms with Crippen LogP contribution in [0, 0.1) is 0 Å². The molecule has 0 spiro atoms. The van der Waals surface area contributed by atoms with Crippen LogP contribution in [-0.4, -0.2) is 42.7 Å². The number of benzene rings is 2. The lowest BCUT2D eigenvalue weighted by atomic mass is 10.3. The molecule has 176 valence electrons. The Bertz CT molecular complexity index is 1240. The van der Waals surface area contributed by atoms with Gasteiger partial charge in [0.15, 0.2) is 5.82 Å². The van der Waals surface area contributed by atoms with E-state index in [1.807, 2.05) is 38.1 Å². The van der Waals surface area contributed by atoms with E-state index in [-0.39, 0.29) is 0 Å². The van der Waals surface area contributed by atoms with E-state index in [0.717, 1.165) is 10.6 Å². The van der Waals surface area contributed by atoms with E-state index in [1.165, 1.54) is 6.20 Å². The average Bonchev–Trinajstić information content (AvgIpc) is 2.80. The minimum absolute atomic E-state index is 0.302. The topological polar surface area (TPSA) is 93.2 Å². The normalized spacial score (nSPS) is 11.8. The second-order valence-electron chi connectivity index (χ2n) is 7.91. The molecule has 1 heterocycles. The second-order valence-corrected chi connectivity index (χ2v) is 15.1. The lowest BCUT2D eigenvalue weighted by Gasteiger charge is -2.20. The van der Waals surface area contributed by atoms with Crippen LogP contribution in [0.5, 0.6) is 5.75 Å². The summed E-state index contributed by atoms with van der Waals surface area (Å²) in [5, 5.41) is 8.20. The summed E-state index contributed by atoms with van der Waals surface area (Å²) in [6.07, 6.45) is 2.64. The third kappa shape index (κ3) is 5.78. The number of para-hydroxylation sites is 1. The predicted molar refractivity (Wildman–Crippen MR) is 140 cm³/mol. The van der Waals surface area contributed by atoms with Gasteiger partial charge in [-0.05, 0) is 43.7 Å². The molecular weight excluding hydrogens is 478 g/mol. The average molecular weight is 507 g/mol.